The third-order valence-corrected chi connectivity index (χ3v) is 5.36. The molecule has 1 fully saturated rings. The fraction of sp³-hybridized carbons (Fsp3) is 0.435. The van der Waals surface area contributed by atoms with Crippen molar-refractivity contribution in [2.45, 2.75) is 32.7 Å². The molecule has 1 saturated heterocycles. The number of ether oxygens (including phenoxy) is 1. The first kappa shape index (κ1) is 19.4. The third kappa shape index (κ3) is 5.83. The van der Waals surface area contributed by atoms with E-state index in [1.165, 1.54) is 37.1 Å². The van der Waals surface area contributed by atoms with E-state index in [1.807, 2.05) is 36.4 Å². The second kappa shape index (κ2) is 9.56. The highest BCUT2D eigenvalue weighted by atomic mass is 16.5. The summed E-state index contributed by atoms with van der Waals surface area (Å²) in [6.45, 7) is 6.29. The van der Waals surface area contributed by atoms with Crippen molar-refractivity contribution in [2.75, 3.05) is 26.7 Å². The zero-order valence-electron chi connectivity index (χ0n) is 16.4. The van der Waals surface area contributed by atoms with E-state index in [0.717, 1.165) is 30.2 Å². The monoisotopic (exact) mass is 366 g/mol. The maximum absolute atomic E-state index is 12.3. The summed E-state index contributed by atoms with van der Waals surface area (Å²) in [5.41, 5.74) is 3.18. The van der Waals surface area contributed by atoms with Crippen molar-refractivity contribution in [2.24, 2.45) is 5.92 Å². The van der Waals surface area contributed by atoms with Gasteiger partial charge in [-0.05, 0) is 73.7 Å². The molecule has 27 heavy (non-hydrogen) atoms. The highest BCUT2D eigenvalue weighted by Crippen LogP contribution is 2.18. The van der Waals surface area contributed by atoms with Crippen LogP contribution in [0.2, 0.25) is 0 Å². The number of nitrogens with zero attached hydrogens (tertiary/aromatic N) is 1. The molecule has 1 amide bonds. The summed E-state index contributed by atoms with van der Waals surface area (Å²) < 4.78 is 5.16. The molecule has 2 aromatic carbocycles. The van der Waals surface area contributed by atoms with Crippen LogP contribution in [0, 0.1) is 5.92 Å². The smallest absolute Gasteiger partial charge is 0.251 e. The zero-order valence-corrected chi connectivity index (χ0v) is 16.4. The van der Waals surface area contributed by atoms with Gasteiger partial charge >= 0.3 is 0 Å². The summed E-state index contributed by atoms with van der Waals surface area (Å²) >= 11 is 0. The van der Waals surface area contributed by atoms with Crippen LogP contribution in [0.15, 0.2) is 48.5 Å². The zero-order chi connectivity index (χ0) is 19.1. The minimum atomic E-state index is -0.0122. The number of benzene rings is 2. The Kier molecular flexibility index (Phi) is 6.88. The van der Waals surface area contributed by atoms with Gasteiger partial charge < -0.3 is 10.1 Å². The Bertz CT molecular complexity index is 717. The Hall–Kier alpha value is -2.33. The van der Waals surface area contributed by atoms with Crippen LogP contribution in [0.3, 0.4) is 0 Å². The fourth-order valence-electron chi connectivity index (χ4n) is 3.45. The molecule has 0 radical (unpaired) electrons. The first-order chi connectivity index (χ1) is 13.1. The highest BCUT2D eigenvalue weighted by Gasteiger charge is 2.15. The molecule has 1 aliphatic rings. The number of carbonyl (C=O) groups excluding carboxylic acids is 1. The van der Waals surface area contributed by atoms with Crippen LogP contribution >= 0.6 is 0 Å². The topological polar surface area (TPSA) is 41.6 Å². The van der Waals surface area contributed by atoms with Crippen molar-refractivity contribution >= 4 is 5.91 Å². The lowest BCUT2D eigenvalue weighted by atomic mass is 9.99. The van der Waals surface area contributed by atoms with Crippen LogP contribution in [0.5, 0.6) is 5.75 Å². The summed E-state index contributed by atoms with van der Waals surface area (Å²) in [4.78, 5) is 14.8. The molecule has 1 N–H and O–H groups in total. The summed E-state index contributed by atoms with van der Waals surface area (Å²) in [6.07, 6.45) is 3.38. The van der Waals surface area contributed by atoms with Crippen LogP contribution in [0.25, 0.3) is 0 Å². The van der Waals surface area contributed by atoms with Gasteiger partial charge in [-0.15, -0.1) is 0 Å². The SMILES string of the molecule is COc1ccc(CCNC(=O)c2ccc(CN3CCC(C)CC3)cc2)cc1. The Morgan fingerprint density at radius 1 is 1.04 bits per heavy atom. The molecule has 4 heteroatoms. The number of nitrogens with one attached hydrogen (secondary N) is 1. The quantitative estimate of drug-likeness (QED) is 0.808. The predicted octanol–water partition coefficient (Wildman–Crippen LogP) is 3.90. The number of hydrogen-bond donors (Lipinski definition) is 1. The van der Waals surface area contributed by atoms with E-state index in [-0.39, 0.29) is 5.91 Å². The molecular formula is C23H30N2O2. The molecule has 0 saturated carbocycles. The summed E-state index contributed by atoms with van der Waals surface area (Å²) in [7, 11) is 1.66. The van der Waals surface area contributed by atoms with Crippen molar-refractivity contribution in [3.8, 4) is 5.75 Å². The van der Waals surface area contributed by atoms with Gasteiger partial charge in [-0.2, -0.15) is 0 Å². The molecule has 1 aliphatic heterocycles. The van der Waals surface area contributed by atoms with Gasteiger partial charge in [-0.25, -0.2) is 0 Å². The molecular weight excluding hydrogens is 336 g/mol. The largest absolute Gasteiger partial charge is 0.497 e. The molecule has 0 atom stereocenters. The molecule has 144 valence electrons. The summed E-state index contributed by atoms with van der Waals surface area (Å²) in [5.74, 6) is 1.69. The molecule has 0 unspecified atom stereocenters. The summed E-state index contributed by atoms with van der Waals surface area (Å²) in [6, 6.07) is 16.0. The number of hydrogen-bond acceptors (Lipinski definition) is 3. The first-order valence-electron chi connectivity index (χ1n) is 9.86. The Labute approximate surface area is 162 Å². The summed E-state index contributed by atoms with van der Waals surface area (Å²) in [5, 5.41) is 3.00. The second-order valence-electron chi connectivity index (χ2n) is 7.51. The fourth-order valence-corrected chi connectivity index (χ4v) is 3.45. The lowest BCUT2D eigenvalue weighted by Crippen LogP contribution is -2.32. The number of piperidine rings is 1. The molecule has 0 bridgehead atoms. The van der Waals surface area contributed by atoms with Crippen molar-refractivity contribution < 1.29 is 9.53 Å². The maximum atomic E-state index is 12.3. The van der Waals surface area contributed by atoms with Crippen molar-refractivity contribution in [3.05, 3.63) is 65.2 Å². The minimum Gasteiger partial charge on any atom is -0.497 e. The van der Waals surface area contributed by atoms with E-state index >= 15 is 0 Å². The minimum absolute atomic E-state index is 0.0122. The Balaban J connectivity index is 1.44. The van der Waals surface area contributed by atoms with Crippen LogP contribution in [-0.2, 0) is 13.0 Å². The normalized spacial score (nSPS) is 15.5. The Morgan fingerprint density at radius 2 is 1.67 bits per heavy atom. The molecule has 2 aromatic rings. The maximum Gasteiger partial charge on any atom is 0.251 e. The van der Waals surface area contributed by atoms with E-state index in [9.17, 15) is 4.79 Å². The average Bonchev–Trinajstić information content (AvgIpc) is 2.71. The first-order valence-corrected chi connectivity index (χ1v) is 9.86. The van der Waals surface area contributed by atoms with Crippen molar-refractivity contribution in [1.82, 2.24) is 10.2 Å². The van der Waals surface area contributed by atoms with E-state index in [1.54, 1.807) is 7.11 Å². The van der Waals surface area contributed by atoms with E-state index in [2.05, 4.69) is 29.3 Å². The van der Waals surface area contributed by atoms with Gasteiger partial charge in [-0.3, -0.25) is 9.69 Å². The molecule has 1 heterocycles. The van der Waals surface area contributed by atoms with Gasteiger partial charge in [0.15, 0.2) is 0 Å². The second-order valence-corrected chi connectivity index (χ2v) is 7.51. The van der Waals surface area contributed by atoms with Crippen LogP contribution in [0.1, 0.15) is 41.3 Å². The number of carbonyl (C=O) groups is 1. The number of rotatable bonds is 7. The van der Waals surface area contributed by atoms with Gasteiger partial charge in [0.25, 0.3) is 5.91 Å². The number of amides is 1. The predicted molar refractivity (Wildman–Crippen MR) is 109 cm³/mol. The molecule has 0 aromatic heterocycles. The van der Waals surface area contributed by atoms with E-state index in [4.69, 9.17) is 4.74 Å². The van der Waals surface area contributed by atoms with Crippen molar-refractivity contribution in [1.29, 1.82) is 0 Å². The Morgan fingerprint density at radius 3 is 2.30 bits per heavy atom. The lowest BCUT2D eigenvalue weighted by Gasteiger charge is -2.30. The van der Waals surface area contributed by atoms with Gasteiger partial charge in [0, 0.05) is 18.7 Å². The lowest BCUT2D eigenvalue weighted by molar-refractivity contribution is 0.0954. The van der Waals surface area contributed by atoms with Crippen LogP contribution in [0.4, 0.5) is 0 Å². The van der Waals surface area contributed by atoms with Gasteiger partial charge in [0.1, 0.15) is 5.75 Å². The standard InChI is InChI=1S/C23H30N2O2/c1-18-12-15-25(16-13-18)17-20-3-7-21(8-4-20)23(26)24-14-11-19-5-9-22(27-2)10-6-19/h3-10,18H,11-17H2,1-2H3,(H,24,26). The number of likely N-dealkylation sites (tertiary alicyclic amines) is 1. The van der Waals surface area contributed by atoms with Crippen LogP contribution < -0.4 is 10.1 Å². The highest BCUT2D eigenvalue weighted by molar-refractivity contribution is 5.94. The van der Waals surface area contributed by atoms with Gasteiger partial charge in [0.05, 0.1) is 7.11 Å². The van der Waals surface area contributed by atoms with Crippen LogP contribution in [-0.4, -0.2) is 37.6 Å². The van der Waals surface area contributed by atoms with Crippen molar-refractivity contribution in [3.63, 3.8) is 0 Å². The van der Waals surface area contributed by atoms with E-state index in [0.29, 0.717) is 6.54 Å². The average molecular weight is 367 g/mol. The molecule has 0 spiro atoms. The molecule has 4 nitrogen and oxygen atoms in total. The molecule has 3 rings (SSSR count). The molecule has 0 aliphatic carbocycles. The number of methoxy groups -OCH3 is 1. The van der Waals surface area contributed by atoms with Gasteiger partial charge in [0.2, 0.25) is 0 Å². The van der Waals surface area contributed by atoms with E-state index < -0.39 is 0 Å². The third-order valence-electron chi connectivity index (χ3n) is 5.36. The van der Waals surface area contributed by atoms with Gasteiger partial charge in [-0.1, -0.05) is 31.2 Å².